The average molecular weight is 509 g/mol. The summed E-state index contributed by atoms with van der Waals surface area (Å²) < 4.78 is 5.60. The third kappa shape index (κ3) is 4.50. The van der Waals surface area contributed by atoms with E-state index in [1.165, 1.54) is 11.1 Å². The highest BCUT2D eigenvalue weighted by atomic mass is 16.1. The summed E-state index contributed by atoms with van der Waals surface area (Å²) >= 11 is 0. The summed E-state index contributed by atoms with van der Waals surface area (Å²) in [5.41, 5.74) is 6.62. The van der Waals surface area contributed by atoms with Gasteiger partial charge in [0.1, 0.15) is 5.39 Å². The van der Waals surface area contributed by atoms with Gasteiger partial charge in [0.2, 0.25) is 5.95 Å². The Labute approximate surface area is 221 Å². The number of nitrogens with one attached hydrogen (secondary N) is 2. The SMILES string of the molecule is Cn1ccc(Cn2c(=O)c3cnc(Nc4ccc5c(c4)CNCC5)nc3n2-c2ccnc(C(C)(C)C)c2)c1. The number of aryl methyl sites for hydroxylation is 1. The fraction of sp³-hybridized carbons (Fsp3) is 0.310. The fourth-order valence-electron chi connectivity index (χ4n) is 4.97. The van der Waals surface area contributed by atoms with Crippen LogP contribution in [-0.4, -0.2) is 35.4 Å². The monoisotopic (exact) mass is 508 g/mol. The number of hydrogen-bond acceptors (Lipinski definition) is 6. The van der Waals surface area contributed by atoms with Gasteiger partial charge in [0, 0.05) is 55.2 Å². The largest absolute Gasteiger partial charge is 0.357 e. The highest BCUT2D eigenvalue weighted by Crippen LogP contribution is 2.25. The Morgan fingerprint density at radius 1 is 1.08 bits per heavy atom. The van der Waals surface area contributed by atoms with Crippen molar-refractivity contribution in [3.8, 4) is 5.69 Å². The summed E-state index contributed by atoms with van der Waals surface area (Å²) in [5.74, 6) is 0.442. The molecule has 0 unspecified atom stereocenters. The van der Waals surface area contributed by atoms with Crippen LogP contribution in [0, 0.1) is 0 Å². The van der Waals surface area contributed by atoms with Gasteiger partial charge in [0.05, 0.1) is 12.2 Å². The van der Waals surface area contributed by atoms with E-state index in [0.29, 0.717) is 23.5 Å². The molecule has 4 aromatic heterocycles. The summed E-state index contributed by atoms with van der Waals surface area (Å²) in [7, 11) is 1.97. The fourth-order valence-corrected chi connectivity index (χ4v) is 4.97. The zero-order valence-corrected chi connectivity index (χ0v) is 22.2. The maximum atomic E-state index is 13.7. The maximum absolute atomic E-state index is 13.7. The van der Waals surface area contributed by atoms with Crippen LogP contribution in [0.5, 0.6) is 0 Å². The molecule has 38 heavy (non-hydrogen) atoms. The zero-order chi connectivity index (χ0) is 26.4. The lowest BCUT2D eigenvalue weighted by Gasteiger charge is -2.19. The van der Waals surface area contributed by atoms with Crippen LogP contribution in [-0.2, 0) is 32.0 Å². The Morgan fingerprint density at radius 2 is 1.95 bits per heavy atom. The third-order valence-electron chi connectivity index (χ3n) is 7.01. The van der Waals surface area contributed by atoms with Gasteiger partial charge in [-0.3, -0.25) is 9.78 Å². The molecule has 0 radical (unpaired) electrons. The van der Waals surface area contributed by atoms with Crippen LogP contribution in [0.2, 0.25) is 0 Å². The number of hydrogen-bond donors (Lipinski definition) is 2. The molecule has 1 aromatic carbocycles. The zero-order valence-electron chi connectivity index (χ0n) is 22.2. The van der Waals surface area contributed by atoms with Crippen LogP contribution in [0.3, 0.4) is 0 Å². The average Bonchev–Trinajstić information content (AvgIpc) is 3.43. The van der Waals surface area contributed by atoms with Gasteiger partial charge in [-0.25, -0.2) is 14.3 Å². The lowest BCUT2D eigenvalue weighted by atomic mass is 9.91. The van der Waals surface area contributed by atoms with E-state index in [1.54, 1.807) is 17.1 Å². The second-order valence-electron chi connectivity index (χ2n) is 11.0. The van der Waals surface area contributed by atoms with Gasteiger partial charge < -0.3 is 15.2 Å². The highest BCUT2D eigenvalue weighted by molar-refractivity contribution is 5.77. The van der Waals surface area contributed by atoms with E-state index in [-0.39, 0.29) is 11.0 Å². The molecule has 2 N–H and O–H groups in total. The number of nitrogens with zero attached hydrogens (tertiary/aromatic N) is 6. The van der Waals surface area contributed by atoms with E-state index < -0.39 is 0 Å². The summed E-state index contributed by atoms with van der Waals surface area (Å²) in [6.07, 6.45) is 8.44. The molecule has 0 amide bonds. The van der Waals surface area contributed by atoms with Crippen molar-refractivity contribution in [2.45, 2.75) is 45.7 Å². The van der Waals surface area contributed by atoms with Crippen molar-refractivity contribution >= 4 is 22.7 Å². The molecular weight excluding hydrogens is 476 g/mol. The van der Waals surface area contributed by atoms with E-state index in [9.17, 15) is 4.79 Å². The van der Waals surface area contributed by atoms with E-state index in [2.05, 4.69) is 59.6 Å². The standard InChI is InChI=1S/C29H32N8O/c1-29(2,3)25-14-23(8-11-31-25)37-26-24(27(38)36(37)18-19-9-12-35(4)17-19)16-32-28(34-26)33-22-6-5-20-7-10-30-15-21(20)13-22/h5-6,8-9,11-14,16-17,30H,7,10,15,18H2,1-4H3,(H,32,33,34). The van der Waals surface area contributed by atoms with Gasteiger partial charge in [0.25, 0.3) is 5.56 Å². The highest BCUT2D eigenvalue weighted by Gasteiger charge is 2.21. The maximum Gasteiger partial charge on any atom is 0.278 e. The van der Waals surface area contributed by atoms with Crippen molar-refractivity contribution < 1.29 is 0 Å². The van der Waals surface area contributed by atoms with Crippen molar-refractivity contribution in [1.29, 1.82) is 0 Å². The predicted octanol–water partition coefficient (Wildman–Crippen LogP) is 4.05. The first-order valence-corrected chi connectivity index (χ1v) is 12.9. The van der Waals surface area contributed by atoms with E-state index >= 15 is 0 Å². The second kappa shape index (κ2) is 9.25. The van der Waals surface area contributed by atoms with Gasteiger partial charge in [-0.1, -0.05) is 26.8 Å². The Hall–Kier alpha value is -4.24. The quantitative estimate of drug-likeness (QED) is 0.372. The number of anilines is 2. The molecule has 0 spiro atoms. The lowest BCUT2D eigenvalue weighted by Crippen LogP contribution is -2.23. The van der Waals surface area contributed by atoms with Gasteiger partial charge in [-0.15, -0.1) is 0 Å². The summed E-state index contributed by atoms with van der Waals surface area (Å²) in [4.78, 5) is 27.6. The van der Waals surface area contributed by atoms with Crippen LogP contribution >= 0.6 is 0 Å². The molecule has 9 heteroatoms. The van der Waals surface area contributed by atoms with Crippen molar-refractivity contribution in [3.63, 3.8) is 0 Å². The molecule has 5 aromatic rings. The minimum absolute atomic E-state index is 0.135. The summed E-state index contributed by atoms with van der Waals surface area (Å²) in [6.45, 7) is 8.64. The minimum Gasteiger partial charge on any atom is -0.357 e. The number of rotatable bonds is 5. The number of fused-ring (bicyclic) bond motifs is 2. The van der Waals surface area contributed by atoms with E-state index in [0.717, 1.165) is 42.1 Å². The van der Waals surface area contributed by atoms with Crippen LogP contribution in [0.4, 0.5) is 11.6 Å². The molecular formula is C29H32N8O. The molecule has 5 heterocycles. The van der Waals surface area contributed by atoms with Crippen molar-refractivity contribution in [2.75, 3.05) is 11.9 Å². The molecule has 6 rings (SSSR count). The van der Waals surface area contributed by atoms with Crippen LogP contribution in [0.25, 0.3) is 16.7 Å². The van der Waals surface area contributed by atoms with Gasteiger partial charge in [-0.05, 0) is 60.0 Å². The predicted molar refractivity (Wildman–Crippen MR) is 149 cm³/mol. The topological polar surface area (TPSA) is 94.6 Å². The number of aromatic nitrogens is 6. The molecule has 1 aliphatic rings. The molecule has 194 valence electrons. The molecule has 9 nitrogen and oxygen atoms in total. The Kier molecular flexibility index (Phi) is 5.87. The molecule has 0 atom stereocenters. The normalized spacial score (nSPS) is 13.6. The van der Waals surface area contributed by atoms with Crippen molar-refractivity contribution in [1.82, 2.24) is 34.2 Å². The minimum atomic E-state index is -0.146. The molecule has 0 aliphatic carbocycles. The molecule has 0 bridgehead atoms. The smallest absolute Gasteiger partial charge is 0.278 e. The van der Waals surface area contributed by atoms with Crippen LogP contribution < -0.4 is 16.2 Å². The number of pyridine rings is 1. The molecule has 1 aliphatic heterocycles. The van der Waals surface area contributed by atoms with Gasteiger partial charge in [-0.2, -0.15) is 4.98 Å². The summed E-state index contributed by atoms with van der Waals surface area (Å²) in [5, 5.41) is 7.24. The van der Waals surface area contributed by atoms with Crippen LogP contribution in [0.15, 0.2) is 66.0 Å². The van der Waals surface area contributed by atoms with Crippen LogP contribution in [0.1, 0.15) is 43.2 Å². The molecule has 0 saturated heterocycles. The molecule has 0 saturated carbocycles. The third-order valence-corrected chi connectivity index (χ3v) is 7.01. The Balaban J connectivity index is 1.48. The number of benzene rings is 1. The van der Waals surface area contributed by atoms with Crippen molar-refractivity contribution in [3.05, 3.63) is 93.9 Å². The van der Waals surface area contributed by atoms with Gasteiger partial charge in [0.15, 0.2) is 5.65 Å². The first-order valence-electron chi connectivity index (χ1n) is 12.9. The summed E-state index contributed by atoms with van der Waals surface area (Å²) in [6, 6.07) is 12.3. The Bertz CT molecular complexity index is 1700. The molecule has 0 fully saturated rings. The second-order valence-corrected chi connectivity index (χ2v) is 11.0. The lowest BCUT2D eigenvalue weighted by molar-refractivity contribution is 0.562. The van der Waals surface area contributed by atoms with E-state index in [1.807, 2.05) is 46.9 Å². The van der Waals surface area contributed by atoms with Crippen molar-refractivity contribution in [2.24, 2.45) is 7.05 Å². The van der Waals surface area contributed by atoms with E-state index in [4.69, 9.17) is 4.98 Å². The first kappa shape index (κ1) is 24.1. The van der Waals surface area contributed by atoms with Gasteiger partial charge >= 0.3 is 0 Å². The Morgan fingerprint density at radius 3 is 2.74 bits per heavy atom. The first-order chi connectivity index (χ1) is 18.3.